The largest absolute Gasteiger partial charge is 0.326 e. The van der Waals surface area contributed by atoms with Gasteiger partial charge in [0, 0.05) is 18.1 Å². The molecule has 19 heavy (non-hydrogen) atoms. The van der Waals surface area contributed by atoms with E-state index in [1.54, 1.807) is 12.1 Å². The number of hydrogen-bond acceptors (Lipinski definition) is 3. The summed E-state index contributed by atoms with van der Waals surface area (Å²) in [5.74, 6) is 0.925. The third kappa shape index (κ3) is 4.79. The third-order valence-electron chi connectivity index (χ3n) is 3.56. The molecule has 3 atom stereocenters. The minimum absolute atomic E-state index is 0.0384. The van der Waals surface area contributed by atoms with Crippen molar-refractivity contribution in [1.29, 1.82) is 0 Å². The molecule has 0 aromatic heterocycles. The van der Waals surface area contributed by atoms with Crippen LogP contribution in [0.2, 0.25) is 0 Å². The topological polar surface area (TPSA) is 29.3 Å². The first-order valence-corrected chi connectivity index (χ1v) is 8.08. The van der Waals surface area contributed by atoms with Gasteiger partial charge in [0.25, 0.3) is 0 Å². The third-order valence-corrected chi connectivity index (χ3v) is 4.21. The van der Waals surface area contributed by atoms with E-state index < -0.39 is 0 Å². The summed E-state index contributed by atoms with van der Waals surface area (Å²) in [4.78, 5) is 2.26. The van der Waals surface area contributed by atoms with E-state index in [0.717, 1.165) is 17.7 Å². The zero-order valence-corrected chi connectivity index (χ0v) is 13.1. The van der Waals surface area contributed by atoms with Crippen molar-refractivity contribution in [3.05, 3.63) is 35.6 Å². The van der Waals surface area contributed by atoms with Gasteiger partial charge in [-0.05, 0) is 57.0 Å². The number of benzene rings is 1. The van der Waals surface area contributed by atoms with Crippen LogP contribution in [0.15, 0.2) is 24.3 Å². The Morgan fingerprint density at radius 3 is 2.58 bits per heavy atom. The number of rotatable bonds is 7. The molecule has 108 valence electrons. The van der Waals surface area contributed by atoms with Crippen LogP contribution >= 0.6 is 11.8 Å². The Hall–Kier alpha value is -0.580. The molecular formula is C15H25FN2S. The fourth-order valence-electron chi connectivity index (χ4n) is 2.37. The lowest BCUT2D eigenvalue weighted by atomic mass is 9.97. The molecule has 1 aromatic carbocycles. The summed E-state index contributed by atoms with van der Waals surface area (Å²) >= 11 is 1.85. The average Bonchev–Trinajstić information content (AvgIpc) is 2.35. The number of likely N-dealkylation sites (N-methyl/N-ethyl adjacent to an activating group) is 1. The Kier molecular flexibility index (Phi) is 6.83. The first kappa shape index (κ1) is 16.5. The van der Waals surface area contributed by atoms with Crippen molar-refractivity contribution in [2.75, 3.05) is 19.1 Å². The second kappa shape index (κ2) is 7.88. The van der Waals surface area contributed by atoms with Crippen LogP contribution in [0.5, 0.6) is 0 Å². The van der Waals surface area contributed by atoms with Crippen LogP contribution in [0, 0.1) is 5.82 Å². The van der Waals surface area contributed by atoms with Crippen LogP contribution in [0.1, 0.15) is 31.9 Å². The van der Waals surface area contributed by atoms with E-state index in [1.165, 1.54) is 6.07 Å². The van der Waals surface area contributed by atoms with Crippen LogP contribution in [0.4, 0.5) is 4.39 Å². The monoisotopic (exact) mass is 284 g/mol. The van der Waals surface area contributed by atoms with Crippen molar-refractivity contribution in [3.63, 3.8) is 0 Å². The van der Waals surface area contributed by atoms with Crippen molar-refractivity contribution >= 4 is 11.8 Å². The standard InChI is InChI=1S/C15H25FN2S/c1-11(8-9-19-4)18(3)15(12(2)17)13-6-5-7-14(16)10-13/h5-7,10-12,15H,8-9,17H2,1-4H3. The van der Waals surface area contributed by atoms with Crippen LogP contribution in [-0.2, 0) is 0 Å². The molecule has 3 unspecified atom stereocenters. The fraction of sp³-hybridized carbons (Fsp3) is 0.600. The van der Waals surface area contributed by atoms with Gasteiger partial charge in [-0.15, -0.1) is 0 Å². The maximum atomic E-state index is 13.4. The van der Waals surface area contributed by atoms with Crippen LogP contribution < -0.4 is 5.73 Å². The van der Waals surface area contributed by atoms with Gasteiger partial charge >= 0.3 is 0 Å². The van der Waals surface area contributed by atoms with E-state index in [0.29, 0.717) is 6.04 Å². The van der Waals surface area contributed by atoms with Gasteiger partial charge in [-0.3, -0.25) is 4.90 Å². The summed E-state index contributed by atoms with van der Waals surface area (Å²) in [6.45, 7) is 4.18. The summed E-state index contributed by atoms with van der Waals surface area (Å²) in [6.07, 6.45) is 3.22. The summed E-state index contributed by atoms with van der Waals surface area (Å²) in [5, 5.41) is 0. The Morgan fingerprint density at radius 2 is 2.05 bits per heavy atom. The lowest BCUT2D eigenvalue weighted by Gasteiger charge is -2.36. The molecule has 0 fully saturated rings. The number of nitrogens with two attached hydrogens (primary N) is 1. The molecule has 0 radical (unpaired) electrons. The molecule has 4 heteroatoms. The van der Waals surface area contributed by atoms with Gasteiger partial charge in [-0.25, -0.2) is 4.39 Å². The molecule has 0 aliphatic heterocycles. The van der Waals surface area contributed by atoms with Crippen molar-refractivity contribution in [2.45, 2.75) is 38.4 Å². The van der Waals surface area contributed by atoms with Gasteiger partial charge in [0.05, 0.1) is 0 Å². The minimum Gasteiger partial charge on any atom is -0.326 e. The van der Waals surface area contributed by atoms with Gasteiger partial charge in [-0.2, -0.15) is 11.8 Å². The number of nitrogens with zero attached hydrogens (tertiary/aromatic N) is 1. The van der Waals surface area contributed by atoms with Gasteiger partial charge in [0.2, 0.25) is 0 Å². The molecule has 1 aromatic rings. The van der Waals surface area contributed by atoms with E-state index in [4.69, 9.17) is 5.73 Å². The summed E-state index contributed by atoms with van der Waals surface area (Å²) < 4.78 is 13.4. The zero-order valence-electron chi connectivity index (χ0n) is 12.3. The van der Waals surface area contributed by atoms with Gasteiger partial charge in [0.15, 0.2) is 0 Å². The number of halogens is 1. The van der Waals surface area contributed by atoms with E-state index >= 15 is 0 Å². The summed E-state index contributed by atoms with van der Waals surface area (Å²) in [5.41, 5.74) is 7.07. The molecule has 0 saturated heterocycles. The predicted octanol–water partition coefficient (Wildman–Crippen LogP) is 3.29. The van der Waals surface area contributed by atoms with E-state index in [2.05, 4.69) is 25.1 Å². The van der Waals surface area contributed by atoms with Gasteiger partial charge in [0.1, 0.15) is 5.82 Å². The Labute approximate surface area is 120 Å². The molecule has 0 heterocycles. The van der Waals surface area contributed by atoms with Gasteiger partial charge in [-0.1, -0.05) is 12.1 Å². The molecule has 0 spiro atoms. The fourth-order valence-corrected chi connectivity index (χ4v) is 2.94. The first-order valence-electron chi connectivity index (χ1n) is 6.69. The van der Waals surface area contributed by atoms with Crippen molar-refractivity contribution < 1.29 is 4.39 Å². The molecule has 0 saturated carbocycles. The highest BCUT2D eigenvalue weighted by Gasteiger charge is 2.24. The minimum atomic E-state index is -0.201. The van der Waals surface area contributed by atoms with Crippen molar-refractivity contribution in [1.82, 2.24) is 4.90 Å². The Bertz CT molecular complexity index is 384. The van der Waals surface area contributed by atoms with E-state index in [-0.39, 0.29) is 17.9 Å². The second-order valence-electron chi connectivity index (χ2n) is 5.15. The number of thioether (sulfide) groups is 1. The van der Waals surface area contributed by atoms with Crippen molar-refractivity contribution in [3.8, 4) is 0 Å². The maximum Gasteiger partial charge on any atom is 0.123 e. The van der Waals surface area contributed by atoms with Crippen LogP contribution in [0.3, 0.4) is 0 Å². The molecule has 0 aliphatic carbocycles. The Balaban J connectivity index is 2.88. The summed E-state index contributed by atoms with van der Waals surface area (Å²) in [6, 6.07) is 7.20. The molecule has 2 nitrogen and oxygen atoms in total. The normalized spacial score (nSPS) is 16.4. The molecule has 0 bridgehead atoms. The summed E-state index contributed by atoms with van der Waals surface area (Å²) in [7, 11) is 2.07. The van der Waals surface area contributed by atoms with E-state index in [9.17, 15) is 4.39 Å². The highest BCUT2D eigenvalue weighted by molar-refractivity contribution is 7.98. The smallest absolute Gasteiger partial charge is 0.123 e. The molecule has 1 rings (SSSR count). The van der Waals surface area contributed by atoms with Crippen LogP contribution in [0.25, 0.3) is 0 Å². The van der Waals surface area contributed by atoms with E-state index in [1.807, 2.05) is 24.8 Å². The van der Waals surface area contributed by atoms with Crippen LogP contribution in [-0.4, -0.2) is 36.0 Å². The highest BCUT2D eigenvalue weighted by Crippen LogP contribution is 2.26. The molecule has 2 N–H and O–H groups in total. The lowest BCUT2D eigenvalue weighted by molar-refractivity contribution is 0.162. The SMILES string of the molecule is CSCCC(C)N(C)C(c1cccc(F)c1)C(C)N. The quantitative estimate of drug-likeness (QED) is 0.833. The lowest BCUT2D eigenvalue weighted by Crippen LogP contribution is -2.42. The number of hydrogen-bond donors (Lipinski definition) is 1. The molecular weight excluding hydrogens is 259 g/mol. The maximum absolute atomic E-state index is 13.4. The molecule has 0 amide bonds. The van der Waals surface area contributed by atoms with Gasteiger partial charge < -0.3 is 5.73 Å². The van der Waals surface area contributed by atoms with Crippen molar-refractivity contribution in [2.24, 2.45) is 5.73 Å². The average molecular weight is 284 g/mol. The molecule has 0 aliphatic rings. The highest BCUT2D eigenvalue weighted by atomic mass is 32.2. The predicted molar refractivity (Wildman–Crippen MR) is 83.0 cm³/mol. The second-order valence-corrected chi connectivity index (χ2v) is 6.14. The first-order chi connectivity index (χ1) is 8.97. The zero-order chi connectivity index (χ0) is 14.4. The Morgan fingerprint density at radius 1 is 1.37 bits per heavy atom.